The van der Waals surface area contributed by atoms with E-state index in [4.69, 9.17) is 4.74 Å². The number of ether oxygens (including phenoxy) is 1. The van der Waals surface area contributed by atoms with Gasteiger partial charge in [0.25, 0.3) is 5.91 Å². The summed E-state index contributed by atoms with van der Waals surface area (Å²) in [5.74, 6) is -0.816. The first-order valence-corrected chi connectivity index (χ1v) is 13.0. The minimum absolute atomic E-state index is 0.141. The van der Waals surface area contributed by atoms with E-state index in [1.54, 1.807) is 30.3 Å². The highest BCUT2D eigenvalue weighted by Crippen LogP contribution is 2.67. The summed E-state index contributed by atoms with van der Waals surface area (Å²) in [4.78, 5) is 45.5. The van der Waals surface area contributed by atoms with Crippen molar-refractivity contribution in [3.05, 3.63) is 102 Å². The number of carbonyl (C=O) groups excluding carboxylic acids is 3. The molecule has 2 fully saturated rings. The van der Waals surface area contributed by atoms with E-state index < -0.39 is 16.9 Å². The summed E-state index contributed by atoms with van der Waals surface area (Å²) in [6, 6.07) is 21.8. The molecule has 3 aromatic rings. The molecular weight excluding hydrogens is 478 g/mol. The lowest BCUT2D eigenvalue weighted by atomic mass is 9.57. The quantitative estimate of drug-likeness (QED) is 0.400. The van der Waals surface area contributed by atoms with Crippen molar-refractivity contribution in [2.24, 2.45) is 5.92 Å². The summed E-state index contributed by atoms with van der Waals surface area (Å²) >= 11 is 0. The Labute approximate surface area is 220 Å². The smallest absolute Gasteiger partial charge is 0.251 e. The molecule has 0 radical (unpaired) electrons. The molecule has 4 aliphatic rings. The van der Waals surface area contributed by atoms with Crippen LogP contribution in [0, 0.1) is 5.92 Å². The Kier molecular flexibility index (Phi) is 4.91. The summed E-state index contributed by atoms with van der Waals surface area (Å²) in [6.45, 7) is 4.67. The number of anilines is 2. The molecule has 0 saturated carbocycles. The number of amides is 2. The number of hydrogen-bond donors (Lipinski definition) is 2. The Morgan fingerprint density at radius 2 is 1.61 bits per heavy atom. The fourth-order valence-electron chi connectivity index (χ4n) is 7.58. The minimum atomic E-state index is -1.43. The first-order valence-electron chi connectivity index (χ1n) is 13.0. The van der Waals surface area contributed by atoms with E-state index >= 15 is 0 Å². The number of carbonyl (C=O) groups is 3. The number of Topliss-reactive ketones (excluding diaryl/α,β-unsaturated/α-hetero) is 1. The molecule has 4 aliphatic heterocycles. The molecule has 2 N–H and O–H groups in total. The standard InChI is InChI=1S/C31H27N3O4/c1-2-18-38-20-15-13-19(14-16-20)27(35)26-25-12-7-17-34(25)31(22-9-4-6-11-24(22)33-29(31)37)30(26)21-8-3-5-10-23(21)32-28(30)36/h2-6,8-11,13-16,25-26H,1,7,12,17-18H2,(H,32,36)(H,33,37)/t25-,26+,30-,31+/m0/s1. The number of ketones is 1. The summed E-state index contributed by atoms with van der Waals surface area (Å²) in [7, 11) is 0. The number of hydrogen-bond acceptors (Lipinski definition) is 5. The first-order chi connectivity index (χ1) is 18.5. The predicted molar refractivity (Wildman–Crippen MR) is 143 cm³/mol. The number of fused-ring (bicyclic) bond motifs is 7. The fourth-order valence-corrected chi connectivity index (χ4v) is 7.58. The number of nitrogens with zero attached hydrogens (tertiary/aromatic N) is 1. The number of benzene rings is 3. The van der Waals surface area contributed by atoms with Crippen LogP contribution in [0.3, 0.4) is 0 Å². The molecule has 2 spiro atoms. The lowest BCUT2D eigenvalue weighted by molar-refractivity contribution is -0.137. The van der Waals surface area contributed by atoms with Crippen molar-refractivity contribution in [3.63, 3.8) is 0 Å². The SMILES string of the molecule is C=CCOc1ccc(C(=O)[C@H]2[C@@H]3CCCN3[C@]3(C(=O)Nc4ccccc43)[C@]23C(=O)Nc2ccccc23)cc1. The van der Waals surface area contributed by atoms with Gasteiger partial charge in [-0.05, 0) is 61.3 Å². The Hall–Kier alpha value is -4.23. The van der Waals surface area contributed by atoms with E-state index in [1.807, 2.05) is 48.5 Å². The van der Waals surface area contributed by atoms with E-state index in [0.29, 0.717) is 41.4 Å². The van der Waals surface area contributed by atoms with Crippen molar-refractivity contribution in [1.29, 1.82) is 0 Å². The normalized spacial score (nSPS) is 28.6. The maximum absolute atomic E-state index is 14.6. The predicted octanol–water partition coefficient (Wildman–Crippen LogP) is 4.27. The molecule has 0 bridgehead atoms. The second kappa shape index (κ2) is 8.13. The van der Waals surface area contributed by atoms with Gasteiger partial charge < -0.3 is 15.4 Å². The molecule has 3 aromatic carbocycles. The Morgan fingerprint density at radius 1 is 0.947 bits per heavy atom. The van der Waals surface area contributed by atoms with Crippen molar-refractivity contribution in [3.8, 4) is 5.75 Å². The highest BCUT2D eigenvalue weighted by Gasteiger charge is 2.81. The fraction of sp³-hybridized carbons (Fsp3) is 0.258. The van der Waals surface area contributed by atoms with Gasteiger partial charge in [0.05, 0.1) is 5.92 Å². The van der Waals surface area contributed by atoms with Gasteiger partial charge in [-0.15, -0.1) is 0 Å². The zero-order valence-electron chi connectivity index (χ0n) is 20.8. The third-order valence-electron chi connectivity index (χ3n) is 8.79. The van der Waals surface area contributed by atoms with Gasteiger partial charge in [-0.1, -0.05) is 49.1 Å². The first kappa shape index (κ1) is 22.9. The lowest BCUT2D eigenvalue weighted by Crippen LogP contribution is -2.62. The monoisotopic (exact) mass is 505 g/mol. The molecule has 0 aromatic heterocycles. The van der Waals surface area contributed by atoms with Crippen molar-refractivity contribution in [2.75, 3.05) is 23.8 Å². The molecule has 2 amide bonds. The van der Waals surface area contributed by atoms with Gasteiger partial charge in [0, 0.05) is 28.5 Å². The Morgan fingerprint density at radius 3 is 2.34 bits per heavy atom. The van der Waals surface area contributed by atoms with Crippen LogP contribution in [0.15, 0.2) is 85.5 Å². The summed E-state index contributed by atoms with van der Waals surface area (Å²) in [5.41, 5.74) is 0.531. The second-order valence-corrected chi connectivity index (χ2v) is 10.4. The maximum atomic E-state index is 14.6. The molecule has 190 valence electrons. The van der Waals surface area contributed by atoms with Crippen molar-refractivity contribution in [2.45, 2.75) is 29.8 Å². The summed E-state index contributed by atoms with van der Waals surface area (Å²) < 4.78 is 5.62. The molecule has 4 heterocycles. The topological polar surface area (TPSA) is 87.7 Å². The van der Waals surface area contributed by atoms with Crippen LogP contribution < -0.4 is 15.4 Å². The van der Waals surface area contributed by atoms with Crippen LogP contribution in [0.25, 0.3) is 0 Å². The Balaban J connectivity index is 1.49. The third kappa shape index (κ3) is 2.64. The van der Waals surface area contributed by atoms with Crippen LogP contribution in [0.1, 0.15) is 34.3 Å². The van der Waals surface area contributed by atoms with E-state index in [0.717, 1.165) is 18.4 Å². The molecule has 7 rings (SSSR count). The number of para-hydroxylation sites is 2. The average molecular weight is 506 g/mol. The lowest BCUT2D eigenvalue weighted by Gasteiger charge is -2.43. The van der Waals surface area contributed by atoms with Crippen molar-refractivity contribution >= 4 is 29.0 Å². The molecular formula is C31H27N3O4. The molecule has 4 atom stereocenters. The Bertz CT molecular complexity index is 1520. The highest BCUT2D eigenvalue weighted by molar-refractivity contribution is 6.21. The largest absolute Gasteiger partial charge is 0.490 e. The molecule has 38 heavy (non-hydrogen) atoms. The van der Waals surface area contributed by atoms with E-state index in [2.05, 4.69) is 22.1 Å². The van der Waals surface area contributed by atoms with Gasteiger partial charge >= 0.3 is 0 Å². The minimum Gasteiger partial charge on any atom is -0.490 e. The van der Waals surface area contributed by atoms with Crippen molar-refractivity contribution in [1.82, 2.24) is 4.90 Å². The van der Waals surface area contributed by atoms with Gasteiger partial charge in [0.15, 0.2) is 5.78 Å². The van der Waals surface area contributed by atoms with Gasteiger partial charge in [0.1, 0.15) is 23.3 Å². The van der Waals surface area contributed by atoms with Gasteiger partial charge in [0.2, 0.25) is 5.91 Å². The molecule has 7 heteroatoms. The highest BCUT2D eigenvalue weighted by atomic mass is 16.5. The van der Waals surface area contributed by atoms with Crippen LogP contribution in [-0.2, 0) is 20.5 Å². The molecule has 0 unspecified atom stereocenters. The van der Waals surface area contributed by atoms with Gasteiger partial charge in [-0.3, -0.25) is 19.3 Å². The molecule has 0 aliphatic carbocycles. The maximum Gasteiger partial charge on any atom is 0.251 e. The van der Waals surface area contributed by atoms with E-state index in [9.17, 15) is 14.4 Å². The van der Waals surface area contributed by atoms with E-state index in [-0.39, 0.29) is 23.6 Å². The van der Waals surface area contributed by atoms with Gasteiger partial charge in [-0.2, -0.15) is 0 Å². The van der Waals surface area contributed by atoms with E-state index in [1.165, 1.54) is 0 Å². The third-order valence-corrected chi connectivity index (χ3v) is 8.79. The number of nitrogens with one attached hydrogen (secondary N) is 2. The zero-order chi connectivity index (χ0) is 26.1. The van der Waals surface area contributed by atoms with Crippen LogP contribution in [-0.4, -0.2) is 41.7 Å². The summed E-state index contributed by atoms with van der Waals surface area (Å²) in [5, 5.41) is 6.14. The summed E-state index contributed by atoms with van der Waals surface area (Å²) in [6.07, 6.45) is 3.24. The number of rotatable bonds is 5. The van der Waals surface area contributed by atoms with Crippen LogP contribution >= 0.6 is 0 Å². The molecule has 7 nitrogen and oxygen atoms in total. The second-order valence-electron chi connectivity index (χ2n) is 10.4. The zero-order valence-corrected chi connectivity index (χ0v) is 20.8. The average Bonchev–Trinajstić information content (AvgIpc) is 3.66. The van der Waals surface area contributed by atoms with Crippen LogP contribution in [0.4, 0.5) is 11.4 Å². The van der Waals surface area contributed by atoms with Crippen molar-refractivity contribution < 1.29 is 19.1 Å². The molecule has 2 saturated heterocycles. The van der Waals surface area contributed by atoms with Gasteiger partial charge in [-0.25, -0.2) is 0 Å². The van der Waals surface area contributed by atoms with Crippen LogP contribution in [0.5, 0.6) is 5.75 Å². The van der Waals surface area contributed by atoms with Crippen LogP contribution in [0.2, 0.25) is 0 Å².